The van der Waals surface area contributed by atoms with Crippen LogP contribution in [0, 0.1) is 0 Å². The Bertz CT molecular complexity index is 781. The van der Waals surface area contributed by atoms with Crippen molar-refractivity contribution in [2.24, 2.45) is 4.99 Å². The third kappa shape index (κ3) is 3.29. The Hall–Kier alpha value is -2.17. The predicted molar refractivity (Wildman–Crippen MR) is 87.9 cm³/mol. The minimum atomic E-state index is 0.204. The van der Waals surface area contributed by atoms with Crippen molar-refractivity contribution in [2.75, 3.05) is 0 Å². The summed E-state index contributed by atoms with van der Waals surface area (Å²) in [6, 6.07) is 14.6. The molecule has 3 rings (SSSR count). The lowest BCUT2D eigenvalue weighted by molar-refractivity contribution is 0.474. The molecule has 0 fully saturated rings. The normalized spacial score (nSPS) is 11.1. The number of rotatable bonds is 3. The molecule has 0 saturated carbocycles. The largest absolute Gasteiger partial charge is 0.507 e. The van der Waals surface area contributed by atoms with Gasteiger partial charge in [-0.3, -0.25) is 0 Å². The highest BCUT2D eigenvalue weighted by atomic mass is 35.5. The van der Waals surface area contributed by atoms with Crippen molar-refractivity contribution in [1.29, 1.82) is 0 Å². The van der Waals surface area contributed by atoms with Gasteiger partial charge in [0.25, 0.3) is 0 Å². The van der Waals surface area contributed by atoms with E-state index in [2.05, 4.69) is 9.98 Å². The number of halogens is 1. The summed E-state index contributed by atoms with van der Waals surface area (Å²) in [7, 11) is 0. The third-order valence-corrected chi connectivity index (χ3v) is 3.88. The number of phenolic OH excluding ortho intramolecular Hbond substituents is 1. The van der Waals surface area contributed by atoms with Crippen LogP contribution in [0.25, 0.3) is 11.3 Å². The van der Waals surface area contributed by atoms with Gasteiger partial charge in [-0.15, -0.1) is 11.3 Å². The zero-order chi connectivity index (χ0) is 14.7. The van der Waals surface area contributed by atoms with Crippen LogP contribution in [0.3, 0.4) is 0 Å². The van der Waals surface area contributed by atoms with E-state index in [-0.39, 0.29) is 5.75 Å². The van der Waals surface area contributed by atoms with Crippen molar-refractivity contribution in [1.82, 2.24) is 4.98 Å². The highest BCUT2D eigenvalue weighted by molar-refractivity contribution is 7.13. The highest BCUT2D eigenvalue weighted by Gasteiger charge is 2.03. The Morgan fingerprint density at radius 2 is 1.86 bits per heavy atom. The van der Waals surface area contributed by atoms with E-state index in [1.54, 1.807) is 24.4 Å². The van der Waals surface area contributed by atoms with Crippen LogP contribution in [0.2, 0.25) is 5.02 Å². The molecule has 3 nitrogen and oxygen atoms in total. The standard InChI is InChI=1S/C16H11ClN2OS/c17-13-7-5-11(6-8-13)14-10-21-16(19-14)18-9-12-3-1-2-4-15(12)20/h1-10,20H. The van der Waals surface area contributed by atoms with Crippen molar-refractivity contribution in [3.05, 3.63) is 64.5 Å². The molecule has 21 heavy (non-hydrogen) atoms. The molecule has 0 spiro atoms. The Morgan fingerprint density at radius 3 is 2.62 bits per heavy atom. The van der Waals surface area contributed by atoms with Gasteiger partial charge in [0.1, 0.15) is 5.75 Å². The Labute approximate surface area is 131 Å². The molecule has 1 aromatic heterocycles. The van der Waals surface area contributed by atoms with Gasteiger partial charge in [0.15, 0.2) is 0 Å². The first-order valence-corrected chi connectivity index (χ1v) is 7.52. The van der Waals surface area contributed by atoms with E-state index in [1.807, 2.05) is 35.7 Å². The second kappa shape index (κ2) is 6.08. The summed E-state index contributed by atoms with van der Waals surface area (Å²) in [5, 5.41) is 13.0. The fraction of sp³-hybridized carbons (Fsp3) is 0. The number of benzene rings is 2. The maximum absolute atomic E-state index is 9.68. The minimum Gasteiger partial charge on any atom is -0.507 e. The molecule has 5 heteroatoms. The molecule has 1 heterocycles. The van der Waals surface area contributed by atoms with Gasteiger partial charge in [0.05, 0.1) is 5.69 Å². The molecule has 0 aliphatic rings. The van der Waals surface area contributed by atoms with Crippen LogP contribution in [0.1, 0.15) is 5.56 Å². The summed E-state index contributed by atoms with van der Waals surface area (Å²) in [6.07, 6.45) is 1.61. The van der Waals surface area contributed by atoms with Gasteiger partial charge in [0.2, 0.25) is 5.13 Å². The molecule has 104 valence electrons. The molecule has 2 aromatic carbocycles. The number of aromatic hydroxyl groups is 1. The number of hydrogen-bond acceptors (Lipinski definition) is 4. The summed E-state index contributed by atoms with van der Waals surface area (Å²) in [5.41, 5.74) is 2.53. The van der Waals surface area contributed by atoms with Crippen LogP contribution in [0.5, 0.6) is 5.75 Å². The van der Waals surface area contributed by atoms with Crippen LogP contribution >= 0.6 is 22.9 Å². The number of phenols is 1. The van der Waals surface area contributed by atoms with Crippen molar-refractivity contribution >= 4 is 34.3 Å². The smallest absolute Gasteiger partial charge is 0.209 e. The lowest BCUT2D eigenvalue weighted by atomic mass is 10.2. The Balaban J connectivity index is 1.82. The fourth-order valence-corrected chi connectivity index (χ4v) is 2.59. The van der Waals surface area contributed by atoms with E-state index in [4.69, 9.17) is 11.6 Å². The van der Waals surface area contributed by atoms with Crippen LogP contribution in [-0.4, -0.2) is 16.3 Å². The van der Waals surface area contributed by atoms with Crippen LogP contribution in [-0.2, 0) is 0 Å². The van der Waals surface area contributed by atoms with Crippen molar-refractivity contribution in [3.8, 4) is 17.0 Å². The molecule has 0 unspecified atom stereocenters. The predicted octanol–water partition coefficient (Wildman–Crippen LogP) is 4.92. The lowest BCUT2D eigenvalue weighted by Gasteiger charge is -1.96. The van der Waals surface area contributed by atoms with Gasteiger partial charge in [-0.05, 0) is 24.3 Å². The molecule has 0 aliphatic heterocycles. The highest BCUT2D eigenvalue weighted by Crippen LogP contribution is 2.27. The maximum atomic E-state index is 9.68. The lowest BCUT2D eigenvalue weighted by Crippen LogP contribution is -1.80. The molecule has 0 amide bonds. The second-order valence-electron chi connectivity index (χ2n) is 4.34. The van der Waals surface area contributed by atoms with E-state index < -0.39 is 0 Å². The van der Waals surface area contributed by atoms with Crippen LogP contribution in [0.4, 0.5) is 5.13 Å². The quantitative estimate of drug-likeness (QED) is 0.697. The van der Waals surface area contributed by atoms with Gasteiger partial charge >= 0.3 is 0 Å². The fourth-order valence-electron chi connectivity index (χ4n) is 1.80. The summed E-state index contributed by atoms with van der Waals surface area (Å²) < 4.78 is 0. The molecule has 0 radical (unpaired) electrons. The van der Waals surface area contributed by atoms with Crippen molar-refractivity contribution < 1.29 is 5.11 Å². The number of hydrogen-bond donors (Lipinski definition) is 1. The molecular formula is C16H11ClN2OS. The third-order valence-electron chi connectivity index (χ3n) is 2.88. The summed E-state index contributed by atoms with van der Waals surface area (Å²) in [4.78, 5) is 8.75. The van der Waals surface area contributed by atoms with E-state index in [0.29, 0.717) is 15.7 Å². The average molecular weight is 315 g/mol. The first-order chi connectivity index (χ1) is 10.2. The van der Waals surface area contributed by atoms with Gasteiger partial charge in [-0.1, -0.05) is 35.9 Å². The maximum Gasteiger partial charge on any atom is 0.209 e. The molecule has 0 aliphatic carbocycles. The first-order valence-electron chi connectivity index (χ1n) is 6.26. The Kier molecular flexibility index (Phi) is 3.99. The first kappa shape index (κ1) is 13.8. The zero-order valence-corrected chi connectivity index (χ0v) is 12.5. The Morgan fingerprint density at radius 1 is 1.10 bits per heavy atom. The van der Waals surface area contributed by atoms with Gasteiger partial charge in [-0.25, -0.2) is 9.98 Å². The van der Waals surface area contributed by atoms with Crippen LogP contribution in [0.15, 0.2) is 58.9 Å². The summed E-state index contributed by atoms with van der Waals surface area (Å²) >= 11 is 7.32. The van der Waals surface area contributed by atoms with E-state index in [0.717, 1.165) is 11.3 Å². The number of aromatic nitrogens is 1. The molecule has 1 N–H and O–H groups in total. The van der Waals surface area contributed by atoms with E-state index in [1.165, 1.54) is 11.3 Å². The second-order valence-corrected chi connectivity index (χ2v) is 5.61. The van der Waals surface area contributed by atoms with Crippen molar-refractivity contribution in [2.45, 2.75) is 0 Å². The summed E-state index contributed by atoms with van der Waals surface area (Å²) in [5.74, 6) is 0.204. The molecule has 0 bridgehead atoms. The number of thiazole rings is 1. The van der Waals surface area contributed by atoms with E-state index >= 15 is 0 Å². The average Bonchev–Trinajstić information content (AvgIpc) is 2.96. The number of para-hydroxylation sites is 1. The molecule has 0 atom stereocenters. The topological polar surface area (TPSA) is 45.5 Å². The van der Waals surface area contributed by atoms with Crippen LogP contribution < -0.4 is 0 Å². The van der Waals surface area contributed by atoms with Gasteiger partial charge in [-0.2, -0.15) is 0 Å². The van der Waals surface area contributed by atoms with Gasteiger partial charge < -0.3 is 5.11 Å². The molecule has 3 aromatic rings. The zero-order valence-electron chi connectivity index (χ0n) is 10.9. The molecular weight excluding hydrogens is 304 g/mol. The number of aliphatic imine (C=N–C) groups is 1. The van der Waals surface area contributed by atoms with Crippen molar-refractivity contribution in [3.63, 3.8) is 0 Å². The monoisotopic (exact) mass is 314 g/mol. The SMILES string of the molecule is Oc1ccccc1C=Nc1nc(-c2ccc(Cl)cc2)cs1. The minimum absolute atomic E-state index is 0.204. The number of nitrogens with zero attached hydrogens (tertiary/aromatic N) is 2. The molecule has 0 saturated heterocycles. The van der Waals surface area contributed by atoms with E-state index in [9.17, 15) is 5.11 Å². The van der Waals surface area contributed by atoms with Gasteiger partial charge in [0, 0.05) is 27.7 Å². The summed E-state index contributed by atoms with van der Waals surface area (Å²) in [6.45, 7) is 0.